The second-order valence-electron chi connectivity index (χ2n) is 4.23. The van der Waals surface area contributed by atoms with Gasteiger partial charge in [-0.1, -0.05) is 0 Å². The number of ether oxygens (including phenoxy) is 1. The molecular formula is C12H17N3O3S2. The fourth-order valence-corrected chi connectivity index (χ4v) is 4.48. The molecule has 20 heavy (non-hydrogen) atoms. The summed E-state index contributed by atoms with van der Waals surface area (Å²) in [6.07, 6.45) is -0.144. The van der Waals surface area contributed by atoms with Crippen molar-refractivity contribution >= 4 is 35.3 Å². The number of aromatic amines is 1. The van der Waals surface area contributed by atoms with Gasteiger partial charge in [0.2, 0.25) is 0 Å². The fraction of sp³-hybridized carbons (Fsp3) is 0.583. The second-order valence-corrected chi connectivity index (χ2v) is 6.69. The minimum Gasteiger partial charge on any atom is -0.466 e. The van der Waals surface area contributed by atoms with Crippen LogP contribution in [0.5, 0.6) is 0 Å². The summed E-state index contributed by atoms with van der Waals surface area (Å²) in [5.74, 6) is 3.29. The smallest absolute Gasteiger partial charge is 0.310 e. The Balaban J connectivity index is 2.20. The van der Waals surface area contributed by atoms with Crippen molar-refractivity contribution in [3.63, 3.8) is 0 Å². The van der Waals surface area contributed by atoms with E-state index in [1.807, 2.05) is 11.8 Å². The first kappa shape index (κ1) is 15.2. The quantitative estimate of drug-likeness (QED) is 0.799. The van der Waals surface area contributed by atoms with Gasteiger partial charge in [-0.15, -0.1) is 11.8 Å². The second kappa shape index (κ2) is 7.03. The van der Waals surface area contributed by atoms with E-state index in [0.29, 0.717) is 5.82 Å². The van der Waals surface area contributed by atoms with Crippen molar-refractivity contribution < 1.29 is 9.53 Å². The number of nitrogen functional groups attached to an aromatic ring is 1. The molecule has 110 valence electrons. The molecule has 1 aliphatic heterocycles. The number of nitrogens with two attached hydrogens (primary N) is 1. The molecule has 2 rings (SSSR count). The van der Waals surface area contributed by atoms with E-state index in [2.05, 4.69) is 9.97 Å². The van der Waals surface area contributed by atoms with Gasteiger partial charge in [0.05, 0.1) is 23.8 Å². The number of esters is 1. The number of anilines is 1. The van der Waals surface area contributed by atoms with Crippen molar-refractivity contribution in [2.75, 3.05) is 29.6 Å². The van der Waals surface area contributed by atoms with E-state index in [-0.39, 0.29) is 35.2 Å². The Bertz CT molecular complexity index is 541. The zero-order valence-electron chi connectivity index (χ0n) is 11.2. The average molecular weight is 315 g/mol. The summed E-state index contributed by atoms with van der Waals surface area (Å²) in [5.41, 5.74) is 5.65. The number of thioether (sulfide) groups is 2. The van der Waals surface area contributed by atoms with Crippen LogP contribution in [0.2, 0.25) is 0 Å². The van der Waals surface area contributed by atoms with E-state index in [0.717, 1.165) is 17.3 Å². The topological polar surface area (TPSA) is 98.1 Å². The van der Waals surface area contributed by atoms with Gasteiger partial charge in [0.25, 0.3) is 5.56 Å². The molecule has 0 radical (unpaired) electrons. The molecular weight excluding hydrogens is 298 g/mol. The highest BCUT2D eigenvalue weighted by Crippen LogP contribution is 2.34. The number of H-pyrrole nitrogens is 1. The molecule has 1 aromatic rings. The summed E-state index contributed by atoms with van der Waals surface area (Å²) in [7, 11) is 0. The Labute approximate surface area is 125 Å². The van der Waals surface area contributed by atoms with Crippen LogP contribution in [0, 0.1) is 0 Å². The van der Waals surface area contributed by atoms with Gasteiger partial charge in [0.1, 0.15) is 11.6 Å². The average Bonchev–Trinajstić information content (AvgIpc) is 2.44. The molecule has 0 aromatic carbocycles. The van der Waals surface area contributed by atoms with Crippen LogP contribution >= 0.6 is 23.5 Å². The highest BCUT2D eigenvalue weighted by Gasteiger charge is 2.21. The number of carbonyl (C=O) groups is 1. The summed E-state index contributed by atoms with van der Waals surface area (Å²) < 4.78 is 4.82. The van der Waals surface area contributed by atoms with Crippen LogP contribution in [0.25, 0.3) is 0 Å². The largest absolute Gasteiger partial charge is 0.466 e. The van der Waals surface area contributed by atoms with Crippen LogP contribution in [0.4, 0.5) is 5.82 Å². The van der Waals surface area contributed by atoms with E-state index < -0.39 is 5.97 Å². The molecule has 6 nitrogen and oxygen atoms in total. The van der Waals surface area contributed by atoms with Crippen molar-refractivity contribution in [3.05, 3.63) is 21.7 Å². The molecule has 1 aromatic heterocycles. The summed E-state index contributed by atoms with van der Waals surface area (Å²) >= 11 is 3.59. The minimum absolute atomic E-state index is 0.118. The molecule has 1 atom stereocenters. The molecule has 1 unspecified atom stereocenters. The van der Waals surface area contributed by atoms with Gasteiger partial charge in [-0.3, -0.25) is 9.59 Å². The maximum atomic E-state index is 12.0. The summed E-state index contributed by atoms with van der Waals surface area (Å²) in [5, 5.41) is 0.153. The van der Waals surface area contributed by atoms with Gasteiger partial charge in [-0.25, -0.2) is 4.98 Å². The monoisotopic (exact) mass is 315 g/mol. The van der Waals surface area contributed by atoms with Crippen molar-refractivity contribution in [2.24, 2.45) is 0 Å². The van der Waals surface area contributed by atoms with Gasteiger partial charge in [-0.2, -0.15) is 11.8 Å². The standard InChI is InChI=1S/C12H17N3O3S2/c1-2-18-9(16)5-7-10(13)14-11(15-12(7)17)8-6-19-3-4-20-8/h8H,2-6H2,1H3,(H3,13,14,15,17). The van der Waals surface area contributed by atoms with Gasteiger partial charge in [-0.05, 0) is 6.92 Å². The number of aromatic nitrogens is 2. The molecule has 8 heteroatoms. The van der Waals surface area contributed by atoms with Gasteiger partial charge >= 0.3 is 5.97 Å². The lowest BCUT2D eigenvalue weighted by Crippen LogP contribution is -2.24. The highest BCUT2D eigenvalue weighted by atomic mass is 32.2. The van der Waals surface area contributed by atoms with Crippen molar-refractivity contribution in [2.45, 2.75) is 18.6 Å². The van der Waals surface area contributed by atoms with Gasteiger partial charge in [0, 0.05) is 17.3 Å². The zero-order chi connectivity index (χ0) is 14.5. The first-order chi connectivity index (χ1) is 9.61. The number of hydrogen-bond acceptors (Lipinski definition) is 7. The Morgan fingerprint density at radius 1 is 1.55 bits per heavy atom. The maximum absolute atomic E-state index is 12.0. The number of nitrogens with zero attached hydrogens (tertiary/aromatic N) is 1. The van der Waals surface area contributed by atoms with E-state index in [4.69, 9.17) is 10.5 Å². The third-order valence-corrected chi connectivity index (χ3v) is 5.58. The lowest BCUT2D eigenvalue weighted by Gasteiger charge is -2.20. The Kier molecular flexibility index (Phi) is 5.36. The molecule has 2 heterocycles. The molecule has 1 saturated heterocycles. The molecule has 1 aliphatic rings. The summed E-state index contributed by atoms with van der Waals surface area (Å²) in [6, 6.07) is 0. The molecule has 0 amide bonds. The van der Waals surface area contributed by atoms with Crippen LogP contribution in [-0.2, 0) is 16.0 Å². The Morgan fingerprint density at radius 3 is 2.95 bits per heavy atom. The van der Waals surface area contributed by atoms with E-state index in [1.165, 1.54) is 0 Å². The Morgan fingerprint density at radius 2 is 2.35 bits per heavy atom. The maximum Gasteiger partial charge on any atom is 0.310 e. The predicted octanol–water partition coefficient (Wildman–Crippen LogP) is 0.979. The van der Waals surface area contributed by atoms with Crippen LogP contribution in [-0.4, -0.2) is 39.8 Å². The number of carbonyl (C=O) groups excluding carboxylic acids is 1. The van der Waals surface area contributed by atoms with Crippen LogP contribution < -0.4 is 11.3 Å². The van der Waals surface area contributed by atoms with E-state index in [9.17, 15) is 9.59 Å². The number of nitrogens with one attached hydrogen (secondary N) is 1. The number of rotatable bonds is 4. The van der Waals surface area contributed by atoms with Crippen LogP contribution in [0.1, 0.15) is 23.6 Å². The zero-order valence-corrected chi connectivity index (χ0v) is 12.8. The lowest BCUT2D eigenvalue weighted by atomic mass is 10.2. The summed E-state index contributed by atoms with van der Waals surface area (Å²) in [6.45, 7) is 1.99. The van der Waals surface area contributed by atoms with Gasteiger partial charge in [0.15, 0.2) is 0 Å². The van der Waals surface area contributed by atoms with E-state index >= 15 is 0 Å². The lowest BCUT2D eigenvalue weighted by molar-refractivity contribution is -0.142. The third-order valence-electron chi connectivity index (χ3n) is 2.81. The van der Waals surface area contributed by atoms with Crippen LogP contribution in [0.15, 0.2) is 4.79 Å². The van der Waals surface area contributed by atoms with Crippen molar-refractivity contribution in [3.8, 4) is 0 Å². The normalized spacial score (nSPS) is 18.8. The first-order valence-electron chi connectivity index (χ1n) is 6.35. The molecule has 3 N–H and O–H groups in total. The van der Waals surface area contributed by atoms with Crippen molar-refractivity contribution in [1.82, 2.24) is 9.97 Å². The molecule has 1 fully saturated rings. The fourth-order valence-electron chi connectivity index (χ4n) is 1.86. The molecule has 0 bridgehead atoms. The number of hydrogen-bond donors (Lipinski definition) is 2. The van der Waals surface area contributed by atoms with E-state index in [1.54, 1.807) is 18.7 Å². The highest BCUT2D eigenvalue weighted by molar-refractivity contribution is 8.06. The SMILES string of the molecule is CCOC(=O)Cc1c(N)nc(C2CSCCS2)[nH]c1=O. The first-order valence-corrected chi connectivity index (χ1v) is 8.55. The molecule has 0 spiro atoms. The Hall–Kier alpha value is -1.15. The van der Waals surface area contributed by atoms with Crippen LogP contribution in [0.3, 0.4) is 0 Å². The summed E-state index contributed by atoms with van der Waals surface area (Å²) in [4.78, 5) is 30.5. The molecule has 0 aliphatic carbocycles. The molecule has 0 saturated carbocycles. The third kappa shape index (κ3) is 3.69. The van der Waals surface area contributed by atoms with Gasteiger partial charge < -0.3 is 15.5 Å². The van der Waals surface area contributed by atoms with Crippen molar-refractivity contribution in [1.29, 1.82) is 0 Å². The minimum atomic E-state index is -0.471. The predicted molar refractivity (Wildman–Crippen MR) is 82.1 cm³/mol.